The number of hydrogen-bond donors (Lipinski definition) is 3. The van der Waals surface area contributed by atoms with Crippen molar-refractivity contribution in [3.63, 3.8) is 0 Å². The lowest BCUT2D eigenvalue weighted by molar-refractivity contribution is 0.0600. The van der Waals surface area contributed by atoms with Crippen LogP contribution in [-0.4, -0.2) is 23.3 Å². The van der Waals surface area contributed by atoms with E-state index >= 15 is 0 Å². The van der Waals surface area contributed by atoms with E-state index in [9.17, 15) is 9.90 Å². The Morgan fingerprint density at radius 2 is 1.86 bits per heavy atom. The minimum Gasteiger partial charge on any atom is -0.506 e. The molecule has 0 bridgehead atoms. The number of benzene rings is 2. The van der Waals surface area contributed by atoms with Gasteiger partial charge in [-0.15, -0.1) is 0 Å². The molecule has 0 heterocycles. The number of esters is 1. The second kappa shape index (κ2) is 6.71. The average molecular weight is 302 g/mol. The fourth-order valence-corrected chi connectivity index (χ4v) is 1.92. The van der Waals surface area contributed by atoms with Gasteiger partial charge < -0.3 is 20.5 Å². The maximum absolute atomic E-state index is 11.3. The molecular formula is C15H14N2O3S. The topological polar surface area (TPSA) is 70.6 Å². The Labute approximate surface area is 127 Å². The molecule has 5 nitrogen and oxygen atoms in total. The number of rotatable bonds is 3. The van der Waals surface area contributed by atoms with Crippen LogP contribution in [0.5, 0.6) is 5.75 Å². The molecule has 6 heteroatoms. The largest absolute Gasteiger partial charge is 0.506 e. The zero-order valence-electron chi connectivity index (χ0n) is 11.3. The second-order valence-corrected chi connectivity index (χ2v) is 4.58. The quantitative estimate of drug-likeness (QED) is 0.460. The lowest BCUT2D eigenvalue weighted by atomic mass is 10.2. The molecule has 0 amide bonds. The number of hydrogen-bond acceptors (Lipinski definition) is 4. The summed E-state index contributed by atoms with van der Waals surface area (Å²) in [5.41, 5.74) is 1.50. The average Bonchev–Trinajstić information content (AvgIpc) is 2.49. The van der Waals surface area contributed by atoms with Gasteiger partial charge in [0, 0.05) is 5.69 Å². The third kappa shape index (κ3) is 3.93. The van der Waals surface area contributed by atoms with Gasteiger partial charge in [-0.2, -0.15) is 0 Å². The maximum Gasteiger partial charge on any atom is 0.337 e. The molecule has 0 saturated carbocycles. The van der Waals surface area contributed by atoms with Crippen molar-refractivity contribution >= 4 is 34.7 Å². The molecule has 21 heavy (non-hydrogen) atoms. The predicted octanol–water partition coefficient (Wildman–Crippen LogP) is 2.99. The SMILES string of the molecule is COC(=O)c1ccc(NC(=S)Nc2ccccc2)c(O)c1. The summed E-state index contributed by atoms with van der Waals surface area (Å²) in [6.45, 7) is 0. The standard InChI is InChI=1S/C15H14N2O3S/c1-20-14(19)10-7-8-12(13(18)9-10)17-15(21)16-11-5-3-2-4-6-11/h2-9,18H,1H3,(H2,16,17,21). The first-order chi connectivity index (χ1) is 10.1. The van der Waals surface area contributed by atoms with Crippen LogP contribution in [0.1, 0.15) is 10.4 Å². The van der Waals surface area contributed by atoms with Gasteiger partial charge in [0.25, 0.3) is 0 Å². The van der Waals surface area contributed by atoms with Crippen LogP contribution in [0.15, 0.2) is 48.5 Å². The normalized spacial score (nSPS) is 9.76. The number of para-hydroxylation sites is 1. The van der Waals surface area contributed by atoms with Crippen LogP contribution in [0.4, 0.5) is 11.4 Å². The molecule has 0 spiro atoms. The highest BCUT2D eigenvalue weighted by atomic mass is 32.1. The smallest absolute Gasteiger partial charge is 0.337 e. The Hall–Kier alpha value is -2.60. The molecule has 0 fully saturated rings. The van der Waals surface area contributed by atoms with E-state index in [2.05, 4.69) is 15.4 Å². The first kappa shape index (κ1) is 14.8. The van der Waals surface area contributed by atoms with Crippen LogP contribution in [0, 0.1) is 0 Å². The van der Waals surface area contributed by atoms with Crippen molar-refractivity contribution in [2.24, 2.45) is 0 Å². The van der Waals surface area contributed by atoms with Gasteiger partial charge in [0.15, 0.2) is 5.11 Å². The molecule has 2 aromatic carbocycles. The minimum absolute atomic E-state index is 0.0879. The maximum atomic E-state index is 11.3. The molecular weight excluding hydrogens is 288 g/mol. The van der Waals surface area contributed by atoms with Gasteiger partial charge in [0.05, 0.1) is 18.4 Å². The molecule has 0 aromatic heterocycles. The van der Waals surface area contributed by atoms with E-state index in [4.69, 9.17) is 12.2 Å². The summed E-state index contributed by atoms with van der Waals surface area (Å²) in [4.78, 5) is 11.3. The van der Waals surface area contributed by atoms with Gasteiger partial charge in [-0.3, -0.25) is 0 Å². The Morgan fingerprint density at radius 1 is 1.14 bits per heavy atom. The highest BCUT2D eigenvalue weighted by molar-refractivity contribution is 7.80. The van der Waals surface area contributed by atoms with Gasteiger partial charge in [0.2, 0.25) is 0 Å². The lowest BCUT2D eigenvalue weighted by Gasteiger charge is -2.12. The highest BCUT2D eigenvalue weighted by Crippen LogP contribution is 2.24. The number of anilines is 2. The lowest BCUT2D eigenvalue weighted by Crippen LogP contribution is -2.19. The van der Waals surface area contributed by atoms with Crippen LogP contribution >= 0.6 is 12.2 Å². The van der Waals surface area contributed by atoms with Crippen molar-refractivity contribution < 1.29 is 14.6 Å². The van der Waals surface area contributed by atoms with Crippen LogP contribution in [0.3, 0.4) is 0 Å². The molecule has 3 N–H and O–H groups in total. The van der Waals surface area contributed by atoms with E-state index in [0.717, 1.165) is 5.69 Å². The van der Waals surface area contributed by atoms with Gasteiger partial charge in [0.1, 0.15) is 5.75 Å². The Morgan fingerprint density at radius 3 is 2.48 bits per heavy atom. The Bertz CT molecular complexity index is 659. The number of thiocarbonyl (C=S) groups is 1. The summed E-state index contributed by atoms with van der Waals surface area (Å²) in [7, 11) is 1.28. The molecule has 0 aliphatic carbocycles. The van der Waals surface area contributed by atoms with E-state index < -0.39 is 5.97 Å². The van der Waals surface area contributed by atoms with E-state index in [1.54, 1.807) is 12.1 Å². The zero-order chi connectivity index (χ0) is 15.2. The van der Waals surface area contributed by atoms with Gasteiger partial charge in [-0.1, -0.05) is 18.2 Å². The van der Waals surface area contributed by atoms with Crippen LogP contribution in [0.25, 0.3) is 0 Å². The summed E-state index contributed by atoms with van der Waals surface area (Å²) in [5.74, 6) is -0.600. The summed E-state index contributed by atoms with van der Waals surface area (Å²) < 4.78 is 4.58. The van der Waals surface area contributed by atoms with Gasteiger partial charge in [-0.25, -0.2) is 4.79 Å². The number of carbonyl (C=O) groups is 1. The fraction of sp³-hybridized carbons (Fsp3) is 0.0667. The van der Waals surface area contributed by atoms with Crippen molar-refractivity contribution in [2.75, 3.05) is 17.7 Å². The van der Waals surface area contributed by atoms with E-state index in [-0.39, 0.29) is 11.3 Å². The molecule has 2 aromatic rings. The van der Waals surface area contributed by atoms with Crippen LogP contribution < -0.4 is 10.6 Å². The molecule has 0 saturated heterocycles. The number of aromatic hydroxyl groups is 1. The third-order valence-electron chi connectivity index (χ3n) is 2.70. The summed E-state index contributed by atoms with van der Waals surface area (Å²) in [6, 6.07) is 13.8. The number of phenolic OH excluding ortho intramolecular Hbond substituents is 1. The van der Waals surface area contributed by atoms with Crippen molar-refractivity contribution in [1.29, 1.82) is 0 Å². The number of carbonyl (C=O) groups excluding carboxylic acids is 1. The van der Waals surface area contributed by atoms with Crippen molar-refractivity contribution in [2.45, 2.75) is 0 Å². The minimum atomic E-state index is -0.512. The second-order valence-electron chi connectivity index (χ2n) is 4.17. The molecule has 0 atom stereocenters. The first-order valence-electron chi connectivity index (χ1n) is 6.14. The summed E-state index contributed by atoms with van der Waals surface area (Å²) >= 11 is 5.16. The Balaban J connectivity index is 2.06. The van der Waals surface area contributed by atoms with Crippen molar-refractivity contribution in [1.82, 2.24) is 0 Å². The number of nitrogens with one attached hydrogen (secondary N) is 2. The Kier molecular flexibility index (Phi) is 4.73. The van der Waals surface area contributed by atoms with E-state index in [1.807, 2.05) is 30.3 Å². The van der Waals surface area contributed by atoms with Crippen LogP contribution in [0.2, 0.25) is 0 Å². The van der Waals surface area contributed by atoms with E-state index in [1.165, 1.54) is 13.2 Å². The summed E-state index contributed by atoms with van der Waals surface area (Å²) in [6.07, 6.45) is 0. The zero-order valence-corrected chi connectivity index (χ0v) is 12.1. The molecule has 0 radical (unpaired) electrons. The van der Waals surface area contributed by atoms with Crippen LogP contribution in [-0.2, 0) is 4.74 Å². The molecule has 2 rings (SSSR count). The monoisotopic (exact) mass is 302 g/mol. The molecule has 108 valence electrons. The molecule has 0 aliphatic rings. The number of ether oxygens (including phenoxy) is 1. The van der Waals surface area contributed by atoms with Crippen molar-refractivity contribution in [3.8, 4) is 5.75 Å². The molecule has 0 aliphatic heterocycles. The van der Waals surface area contributed by atoms with Crippen molar-refractivity contribution in [3.05, 3.63) is 54.1 Å². The first-order valence-corrected chi connectivity index (χ1v) is 6.55. The molecule has 0 unspecified atom stereocenters. The fourth-order valence-electron chi connectivity index (χ4n) is 1.69. The third-order valence-corrected chi connectivity index (χ3v) is 2.90. The number of methoxy groups -OCH3 is 1. The van der Waals surface area contributed by atoms with E-state index in [0.29, 0.717) is 10.8 Å². The highest BCUT2D eigenvalue weighted by Gasteiger charge is 2.10. The number of phenols is 1. The predicted molar refractivity (Wildman–Crippen MR) is 85.7 cm³/mol. The van der Waals surface area contributed by atoms with Gasteiger partial charge >= 0.3 is 5.97 Å². The van der Waals surface area contributed by atoms with Gasteiger partial charge in [-0.05, 0) is 42.5 Å². The summed E-state index contributed by atoms with van der Waals surface area (Å²) in [5, 5.41) is 16.1.